The van der Waals surface area contributed by atoms with Gasteiger partial charge in [-0.1, -0.05) is 27.2 Å². The van der Waals surface area contributed by atoms with Crippen molar-refractivity contribution < 1.29 is 22.7 Å². The molecule has 1 aromatic rings. The summed E-state index contributed by atoms with van der Waals surface area (Å²) in [7, 11) is -3.87. The molecule has 0 radical (unpaired) electrons. The van der Waals surface area contributed by atoms with Gasteiger partial charge in [0.05, 0.1) is 11.3 Å². The van der Waals surface area contributed by atoms with Gasteiger partial charge in [0.2, 0.25) is 0 Å². The Hall–Kier alpha value is -2.22. The van der Waals surface area contributed by atoms with Gasteiger partial charge < -0.3 is 9.64 Å². The van der Waals surface area contributed by atoms with Crippen LogP contribution in [0.15, 0.2) is 27.5 Å². The highest BCUT2D eigenvalue weighted by Crippen LogP contribution is 2.35. The SMILES string of the molecule is CC(C)(C)C(=O)COC(=O)c1ccc2c(c1)S(=O)(=O)N=C1CCCCCN12. The molecule has 1 saturated heterocycles. The molecule has 0 saturated carbocycles. The number of esters is 1. The molecular weight excluding hydrogens is 368 g/mol. The van der Waals surface area contributed by atoms with Crippen molar-refractivity contribution in [1.82, 2.24) is 0 Å². The van der Waals surface area contributed by atoms with Gasteiger partial charge in [-0.3, -0.25) is 4.79 Å². The first kappa shape index (κ1) is 19.5. The number of hydrogen-bond acceptors (Lipinski definition) is 6. The number of anilines is 1. The van der Waals surface area contributed by atoms with Crippen LogP contribution >= 0.6 is 0 Å². The van der Waals surface area contributed by atoms with Gasteiger partial charge in [0.25, 0.3) is 10.0 Å². The quantitative estimate of drug-likeness (QED) is 0.734. The number of carbonyl (C=O) groups excluding carboxylic acids is 2. The summed E-state index contributed by atoms with van der Waals surface area (Å²) in [5, 5.41) is 0. The second-order valence-corrected chi connectivity index (χ2v) is 9.45. The molecule has 0 amide bonds. The number of rotatable bonds is 3. The number of carbonyl (C=O) groups is 2. The molecule has 0 bridgehead atoms. The number of fused-ring (bicyclic) bond motifs is 3. The Labute approximate surface area is 159 Å². The molecule has 2 aliphatic heterocycles. The molecule has 7 nitrogen and oxygen atoms in total. The fourth-order valence-corrected chi connectivity index (χ4v) is 4.32. The fourth-order valence-electron chi connectivity index (χ4n) is 3.04. The number of ether oxygens (including phenoxy) is 1. The lowest BCUT2D eigenvalue weighted by molar-refractivity contribution is -0.129. The average Bonchev–Trinajstić information content (AvgIpc) is 2.83. The molecule has 27 heavy (non-hydrogen) atoms. The van der Waals surface area contributed by atoms with Gasteiger partial charge in [-0.25, -0.2) is 4.79 Å². The third-order valence-electron chi connectivity index (χ3n) is 4.75. The maximum Gasteiger partial charge on any atom is 0.338 e. The molecular formula is C19H24N2O5S. The van der Waals surface area contributed by atoms with Crippen LogP contribution in [0.25, 0.3) is 0 Å². The second kappa shape index (κ2) is 7.07. The lowest BCUT2D eigenvalue weighted by Gasteiger charge is -2.29. The molecule has 1 aromatic carbocycles. The van der Waals surface area contributed by atoms with Crippen LogP contribution in [0, 0.1) is 5.41 Å². The van der Waals surface area contributed by atoms with Crippen molar-refractivity contribution in [2.45, 2.75) is 51.3 Å². The minimum Gasteiger partial charge on any atom is -0.454 e. The molecule has 0 aromatic heterocycles. The van der Waals surface area contributed by atoms with Crippen molar-refractivity contribution in [1.29, 1.82) is 0 Å². The first-order valence-electron chi connectivity index (χ1n) is 9.05. The van der Waals surface area contributed by atoms with Gasteiger partial charge in [-0.15, -0.1) is 4.40 Å². The Kier molecular flexibility index (Phi) is 5.12. The van der Waals surface area contributed by atoms with E-state index in [0.29, 0.717) is 24.5 Å². The van der Waals surface area contributed by atoms with Gasteiger partial charge in [0.1, 0.15) is 10.7 Å². The monoisotopic (exact) mass is 392 g/mol. The van der Waals surface area contributed by atoms with Crippen molar-refractivity contribution in [3.05, 3.63) is 23.8 Å². The van der Waals surface area contributed by atoms with Crippen LogP contribution < -0.4 is 4.90 Å². The predicted molar refractivity (Wildman–Crippen MR) is 102 cm³/mol. The van der Waals surface area contributed by atoms with Crippen LogP contribution in [-0.4, -0.2) is 39.2 Å². The van der Waals surface area contributed by atoms with E-state index in [1.54, 1.807) is 26.8 Å². The Bertz CT molecular complexity index is 913. The van der Waals surface area contributed by atoms with Crippen LogP contribution in [0.1, 0.15) is 56.8 Å². The standard InChI is InChI=1S/C19H24N2O5S/c1-19(2,3)16(22)12-26-18(23)13-8-9-14-15(11-13)27(24,25)20-17-7-5-4-6-10-21(14)17/h8-9,11H,4-7,10,12H2,1-3H3. The number of sulfonamides is 1. The predicted octanol–water partition coefficient (Wildman–Crippen LogP) is 2.94. The highest BCUT2D eigenvalue weighted by atomic mass is 32.2. The Balaban J connectivity index is 1.87. The normalized spacial score (nSPS) is 18.6. The zero-order chi connectivity index (χ0) is 19.8. The summed E-state index contributed by atoms with van der Waals surface area (Å²) in [6.07, 6.45) is 3.51. The topological polar surface area (TPSA) is 93.1 Å². The maximum atomic E-state index is 12.6. The van der Waals surface area contributed by atoms with Crippen LogP contribution in [0.2, 0.25) is 0 Å². The average molecular weight is 392 g/mol. The molecule has 0 spiro atoms. The summed E-state index contributed by atoms with van der Waals surface area (Å²) in [4.78, 5) is 26.1. The van der Waals surface area contributed by atoms with E-state index in [4.69, 9.17) is 4.74 Å². The molecule has 146 valence electrons. The van der Waals surface area contributed by atoms with Crippen LogP contribution in [0.5, 0.6) is 0 Å². The second-order valence-electron chi connectivity index (χ2n) is 7.88. The summed E-state index contributed by atoms with van der Waals surface area (Å²) in [6.45, 7) is 5.58. The first-order chi connectivity index (χ1) is 12.6. The maximum absolute atomic E-state index is 12.6. The first-order valence-corrected chi connectivity index (χ1v) is 10.5. The molecule has 2 aliphatic rings. The van der Waals surface area contributed by atoms with E-state index < -0.39 is 21.4 Å². The fraction of sp³-hybridized carbons (Fsp3) is 0.526. The zero-order valence-electron chi connectivity index (χ0n) is 15.8. The van der Waals surface area contributed by atoms with Crippen LogP contribution in [-0.2, 0) is 19.6 Å². The Morgan fingerprint density at radius 2 is 1.93 bits per heavy atom. The zero-order valence-corrected chi connectivity index (χ0v) is 16.6. The molecule has 0 unspecified atom stereocenters. The molecule has 1 fully saturated rings. The van der Waals surface area contributed by atoms with Crippen LogP contribution in [0.4, 0.5) is 5.69 Å². The molecule has 0 aliphatic carbocycles. The van der Waals surface area contributed by atoms with Gasteiger partial charge >= 0.3 is 5.97 Å². The van der Waals surface area contributed by atoms with Gasteiger partial charge in [-0.2, -0.15) is 8.42 Å². The Morgan fingerprint density at radius 1 is 1.19 bits per heavy atom. The highest BCUT2D eigenvalue weighted by molar-refractivity contribution is 7.90. The molecule has 2 heterocycles. The Morgan fingerprint density at radius 3 is 2.63 bits per heavy atom. The summed E-state index contributed by atoms with van der Waals surface area (Å²) >= 11 is 0. The van der Waals surface area contributed by atoms with Gasteiger partial charge in [-0.05, 0) is 31.0 Å². The molecule has 0 atom stereocenters. The van der Waals surface area contributed by atoms with Crippen molar-refractivity contribution in [3.63, 3.8) is 0 Å². The number of amidine groups is 1. The minimum atomic E-state index is -3.87. The van der Waals surface area contributed by atoms with Crippen molar-refractivity contribution >= 4 is 33.3 Å². The number of Topliss-reactive ketones (excluding diaryl/α,β-unsaturated/α-hetero) is 1. The molecule has 0 N–H and O–H groups in total. The lowest BCUT2D eigenvalue weighted by atomic mass is 9.91. The van der Waals surface area contributed by atoms with Gasteiger partial charge in [0.15, 0.2) is 12.4 Å². The van der Waals surface area contributed by atoms with E-state index in [2.05, 4.69) is 4.40 Å². The third kappa shape index (κ3) is 4.05. The minimum absolute atomic E-state index is 0.00440. The molecule has 8 heteroatoms. The van der Waals surface area contributed by atoms with E-state index in [-0.39, 0.29) is 22.8 Å². The van der Waals surface area contributed by atoms with E-state index in [1.807, 2.05) is 4.90 Å². The summed E-state index contributed by atoms with van der Waals surface area (Å²) < 4.78 is 34.2. The van der Waals surface area contributed by atoms with E-state index >= 15 is 0 Å². The van der Waals surface area contributed by atoms with Crippen molar-refractivity contribution in [2.24, 2.45) is 9.81 Å². The summed E-state index contributed by atoms with van der Waals surface area (Å²) in [5.74, 6) is -0.373. The van der Waals surface area contributed by atoms with Crippen LogP contribution in [0.3, 0.4) is 0 Å². The highest BCUT2D eigenvalue weighted by Gasteiger charge is 2.32. The van der Waals surface area contributed by atoms with Gasteiger partial charge in [0, 0.05) is 18.4 Å². The number of ketones is 1. The third-order valence-corrected chi connectivity index (χ3v) is 6.09. The van der Waals surface area contributed by atoms with E-state index in [1.165, 1.54) is 12.1 Å². The number of benzene rings is 1. The summed E-state index contributed by atoms with van der Waals surface area (Å²) in [6, 6.07) is 4.45. The van der Waals surface area contributed by atoms with Crippen molar-refractivity contribution in [2.75, 3.05) is 18.1 Å². The van der Waals surface area contributed by atoms with E-state index in [9.17, 15) is 18.0 Å². The number of hydrogen-bond donors (Lipinski definition) is 0. The van der Waals surface area contributed by atoms with E-state index in [0.717, 1.165) is 19.3 Å². The van der Waals surface area contributed by atoms with Crippen molar-refractivity contribution in [3.8, 4) is 0 Å². The smallest absolute Gasteiger partial charge is 0.338 e. The number of nitrogens with zero attached hydrogens (tertiary/aromatic N) is 2. The molecule has 3 rings (SSSR count). The largest absolute Gasteiger partial charge is 0.454 e. The summed E-state index contributed by atoms with van der Waals surface area (Å²) in [5.41, 5.74) is 0.0221. The lowest BCUT2D eigenvalue weighted by Crippen LogP contribution is -2.35.